The SMILES string of the molecule is Cc1ccc(C)c(NC(=O)CN(C)C(=O)/C=C/c2cc3c(cc2[N+](=O)[O-])OCO3)c1. The van der Waals surface area contributed by atoms with Gasteiger partial charge < -0.3 is 19.7 Å². The standard InChI is InChI=1S/C21H21N3O6/c1-13-4-5-14(2)16(8-13)22-20(25)11-23(3)21(26)7-6-15-9-18-19(30-12-29-18)10-17(15)24(27)28/h4-10H,11-12H2,1-3H3,(H,22,25)/b7-6+. The molecular formula is C21H21N3O6. The Morgan fingerprint density at radius 2 is 1.90 bits per heavy atom. The molecule has 0 fully saturated rings. The number of carbonyl (C=O) groups is 2. The summed E-state index contributed by atoms with van der Waals surface area (Å²) in [6.45, 7) is 3.62. The predicted octanol–water partition coefficient (Wildman–Crippen LogP) is 3.05. The van der Waals surface area contributed by atoms with Gasteiger partial charge >= 0.3 is 0 Å². The molecule has 0 radical (unpaired) electrons. The van der Waals surface area contributed by atoms with Gasteiger partial charge in [0, 0.05) is 18.8 Å². The lowest BCUT2D eigenvalue weighted by molar-refractivity contribution is -0.385. The zero-order valence-electron chi connectivity index (χ0n) is 16.8. The quantitative estimate of drug-likeness (QED) is 0.444. The first-order chi connectivity index (χ1) is 14.2. The zero-order chi connectivity index (χ0) is 21.8. The van der Waals surface area contributed by atoms with Crippen LogP contribution in [0.4, 0.5) is 11.4 Å². The van der Waals surface area contributed by atoms with Crippen LogP contribution in [0.2, 0.25) is 0 Å². The van der Waals surface area contributed by atoms with Crippen LogP contribution in [-0.4, -0.2) is 42.0 Å². The highest BCUT2D eigenvalue weighted by atomic mass is 16.7. The molecule has 0 aromatic heterocycles. The van der Waals surface area contributed by atoms with Gasteiger partial charge in [-0.3, -0.25) is 19.7 Å². The van der Waals surface area contributed by atoms with Crippen LogP contribution in [0.1, 0.15) is 16.7 Å². The van der Waals surface area contributed by atoms with Crippen molar-refractivity contribution in [1.29, 1.82) is 0 Å². The maximum atomic E-state index is 12.4. The summed E-state index contributed by atoms with van der Waals surface area (Å²) >= 11 is 0. The second-order valence-corrected chi connectivity index (χ2v) is 6.92. The molecule has 30 heavy (non-hydrogen) atoms. The summed E-state index contributed by atoms with van der Waals surface area (Å²) in [5, 5.41) is 14.1. The molecule has 156 valence electrons. The van der Waals surface area contributed by atoms with E-state index in [1.807, 2.05) is 32.0 Å². The van der Waals surface area contributed by atoms with E-state index in [0.29, 0.717) is 11.4 Å². The molecule has 0 aliphatic carbocycles. The van der Waals surface area contributed by atoms with Crippen molar-refractivity contribution < 1.29 is 24.0 Å². The molecule has 0 saturated carbocycles. The molecule has 1 aliphatic heterocycles. The normalized spacial score (nSPS) is 12.1. The third-order valence-electron chi connectivity index (χ3n) is 4.55. The molecule has 9 nitrogen and oxygen atoms in total. The monoisotopic (exact) mass is 411 g/mol. The van der Waals surface area contributed by atoms with Crippen LogP contribution in [-0.2, 0) is 9.59 Å². The number of hydrogen-bond acceptors (Lipinski definition) is 6. The third kappa shape index (κ3) is 4.75. The number of carbonyl (C=O) groups excluding carboxylic acids is 2. The van der Waals surface area contributed by atoms with Gasteiger partial charge in [0.1, 0.15) is 0 Å². The average molecular weight is 411 g/mol. The first-order valence-electron chi connectivity index (χ1n) is 9.13. The van der Waals surface area contributed by atoms with Gasteiger partial charge in [-0.15, -0.1) is 0 Å². The van der Waals surface area contributed by atoms with Crippen molar-refractivity contribution in [3.05, 3.63) is 63.2 Å². The van der Waals surface area contributed by atoms with Crippen LogP contribution < -0.4 is 14.8 Å². The van der Waals surface area contributed by atoms with Crippen LogP contribution >= 0.6 is 0 Å². The predicted molar refractivity (Wildman–Crippen MR) is 110 cm³/mol. The molecule has 1 aliphatic rings. The molecule has 0 saturated heterocycles. The number of nitrogens with zero attached hydrogens (tertiary/aromatic N) is 2. The number of rotatable bonds is 6. The summed E-state index contributed by atoms with van der Waals surface area (Å²) in [5.74, 6) is -0.167. The van der Waals surface area contributed by atoms with E-state index in [0.717, 1.165) is 11.1 Å². The van der Waals surface area contributed by atoms with Crippen molar-refractivity contribution >= 4 is 29.3 Å². The van der Waals surface area contributed by atoms with Crippen molar-refractivity contribution in [2.24, 2.45) is 0 Å². The van der Waals surface area contributed by atoms with E-state index in [1.165, 1.54) is 36.2 Å². The smallest absolute Gasteiger partial charge is 0.280 e. The highest BCUT2D eigenvalue weighted by molar-refractivity contribution is 5.98. The molecule has 1 heterocycles. The molecule has 0 bridgehead atoms. The molecule has 3 rings (SSSR count). The molecule has 2 aromatic rings. The second-order valence-electron chi connectivity index (χ2n) is 6.92. The Labute approximate surface area is 173 Å². The van der Waals surface area contributed by atoms with Gasteiger partial charge in [0.15, 0.2) is 11.5 Å². The lowest BCUT2D eigenvalue weighted by atomic mass is 10.1. The van der Waals surface area contributed by atoms with Gasteiger partial charge in [0.2, 0.25) is 18.6 Å². The van der Waals surface area contributed by atoms with E-state index in [9.17, 15) is 19.7 Å². The summed E-state index contributed by atoms with van der Waals surface area (Å²) in [6, 6.07) is 8.40. The molecule has 2 amide bonds. The van der Waals surface area contributed by atoms with Crippen LogP contribution in [0.5, 0.6) is 11.5 Å². The first kappa shape index (κ1) is 20.8. The first-order valence-corrected chi connectivity index (χ1v) is 9.13. The molecule has 1 N–H and O–H groups in total. The lowest BCUT2D eigenvalue weighted by Gasteiger charge is -2.16. The van der Waals surface area contributed by atoms with Crippen molar-refractivity contribution in [3.63, 3.8) is 0 Å². The van der Waals surface area contributed by atoms with Gasteiger partial charge in [-0.05, 0) is 43.2 Å². The summed E-state index contributed by atoms with van der Waals surface area (Å²) in [4.78, 5) is 36.6. The number of benzene rings is 2. The van der Waals surface area contributed by atoms with E-state index in [4.69, 9.17) is 9.47 Å². The number of anilines is 1. The third-order valence-corrected chi connectivity index (χ3v) is 4.55. The van der Waals surface area contributed by atoms with E-state index < -0.39 is 10.8 Å². The maximum absolute atomic E-state index is 12.4. The summed E-state index contributed by atoms with van der Waals surface area (Å²) in [7, 11) is 1.48. The van der Waals surface area contributed by atoms with Crippen LogP contribution in [0.15, 0.2) is 36.4 Å². The number of hydrogen-bond donors (Lipinski definition) is 1. The highest BCUT2D eigenvalue weighted by Crippen LogP contribution is 2.38. The van der Waals surface area contributed by atoms with Crippen LogP contribution in [0, 0.1) is 24.0 Å². The second kappa shape index (κ2) is 8.64. The maximum Gasteiger partial charge on any atom is 0.280 e. The number of likely N-dealkylation sites (N-methyl/N-ethyl adjacent to an activating group) is 1. The Morgan fingerprint density at radius 3 is 2.60 bits per heavy atom. The van der Waals surface area contributed by atoms with Crippen LogP contribution in [0.3, 0.4) is 0 Å². The number of fused-ring (bicyclic) bond motifs is 1. The molecule has 2 aromatic carbocycles. The van der Waals surface area contributed by atoms with Crippen molar-refractivity contribution in [3.8, 4) is 11.5 Å². The lowest BCUT2D eigenvalue weighted by Crippen LogP contribution is -2.34. The van der Waals surface area contributed by atoms with E-state index in [2.05, 4.69) is 5.32 Å². The van der Waals surface area contributed by atoms with Gasteiger partial charge in [0.25, 0.3) is 5.69 Å². The summed E-state index contributed by atoms with van der Waals surface area (Å²) in [5.41, 5.74) is 2.60. The van der Waals surface area contributed by atoms with Crippen molar-refractivity contribution in [1.82, 2.24) is 4.90 Å². The minimum atomic E-state index is -0.562. The molecule has 0 spiro atoms. The highest BCUT2D eigenvalue weighted by Gasteiger charge is 2.22. The van der Waals surface area contributed by atoms with E-state index in [1.54, 1.807) is 0 Å². The van der Waals surface area contributed by atoms with Gasteiger partial charge in [-0.1, -0.05) is 12.1 Å². The van der Waals surface area contributed by atoms with Crippen LogP contribution in [0.25, 0.3) is 6.08 Å². The van der Waals surface area contributed by atoms with Gasteiger partial charge in [-0.25, -0.2) is 0 Å². The molecule has 0 atom stereocenters. The minimum Gasteiger partial charge on any atom is -0.454 e. The number of amides is 2. The Kier molecular flexibility index (Phi) is 6.01. The molecular weight excluding hydrogens is 390 g/mol. The van der Waals surface area contributed by atoms with E-state index in [-0.39, 0.29) is 36.2 Å². The molecule has 9 heteroatoms. The fourth-order valence-electron chi connectivity index (χ4n) is 2.88. The Bertz CT molecular complexity index is 1050. The Hall–Kier alpha value is -3.88. The number of aryl methyl sites for hydroxylation is 2. The molecule has 0 unspecified atom stereocenters. The van der Waals surface area contributed by atoms with Crippen molar-refractivity contribution in [2.45, 2.75) is 13.8 Å². The van der Waals surface area contributed by atoms with Gasteiger partial charge in [0.05, 0.1) is 23.1 Å². The van der Waals surface area contributed by atoms with Gasteiger partial charge in [-0.2, -0.15) is 0 Å². The number of ether oxygens (including phenoxy) is 2. The largest absolute Gasteiger partial charge is 0.454 e. The Morgan fingerprint density at radius 1 is 1.20 bits per heavy atom. The topological polar surface area (TPSA) is 111 Å². The fourth-order valence-corrected chi connectivity index (χ4v) is 2.88. The average Bonchev–Trinajstić information content (AvgIpc) is 3.15. The number of nitro benzene ring substituents is 1. The van der Waals surface area contributed by atoms with E-state index >= 15 is 0 Å². The summed E-state index contributed by atoms with van der Waals surface area (Å²) in [6.07, 6.45) is 2.50. The Balaban J connectivity index is 1.67. The minimum absolute atomic E-state index is 0.0170. The fraction of sp³-hybridized carbons (Fsp3) is 0.238. The summed E-state index contributed by atoms with van der Waals surface area (Å²) < 4.78 is 10.4. The number of nitrogens with one attached hydrogen (secondary N) is 1. The zero-order valence-corrected chi connectivity index (χ0v) is 16.8. The van der Waals surface area contributed by atoms with Crippen molar-refractivity contribution in [2.75, 3.05) is 25.7 Å². The number of nitro groups is 1.